The number of anilines is 3. The van der Waals surface area contributed by atoms with Gasteiger partial charge in [0.1, 0.15) is 6.29 Å². The zero-order valence-electron chi connectivity index (χ0n) is 25.8. The van der Waals surface area contributed by atoms with Crippen molar-refractivity contribution in [1.82, 2.24) is 0 Å². The minimum absolute atomic E-state index is 0.0606. The Bertz CT molecular complexity index is 1360. The number of allylic oxidation sites excluding steroid dienone is 1. The second kappa shape index (κ2) is 19.1. The molecule has 44 heavy (non-hydrogen) atoms. The number of carbonyl (C=O) groups excluding carboxylic acids is 3. The highest BCUT2D eigenvalue weighted by Crippen LogP contribution is 2.26. The Morgan fingerprint density at radius 3 is 1.70 bits per heavy atom. The number of hydrogen-bond donors (Lipinski definition) is 4. The van der Waals surface area contributed by atoms with E-state index in [1.54, 1.807) is 30.3 Å². The van der Waals surface area contributed by atoms with Crippen LogP contribution in [0, 0.1) is 11.8 Å². The molecule has 0 bridgehead atoms. The van der Waals surface area contributed by atoms with Gasteiger partial charge in [0, 0.05) is 34.5 Å². The van der Waals surface area contributed by atoms with Gasteiger partial charge in [-0.05, 0) is 80.1 Å². The van der Waals surface area contributed by atoms with Crippen LogP contribution in [0.4, 0.5) is 17.1 Å². The Morgan fingerprint density at radius 1 is 0.750 bits per heavy atom. The quantitative estimate of drug-likeness (QED) is 0.162. The molecule has 3 aromatic rings. The maximum atomic E-state index is 12.1. The van der Waals surface area contributed by atoms with Crippen LogP contribution in [0.15, 0.2) is 78.9 Å². The van der Waals surface area contributed by atoms with Crippen molar-refractivity contribution in [2.75, 3.05) is 16.4 Å². The number of nitrogens with two attached hydrogens (primary N) is 1. The van der Waals surface area contributed by atoms with Gasteiger partial charge in [0.15, 0.2) is 0 Å². The number of aliphatic hydroxyl groups is 1. The van der Waals surface area contributed by atoms with Crippen LogP contribution in [-0.2, 0) is 16.2 Å². The van der Waals surface area contributed by atoms with Crippen LogP contribution in [0.5, 0.6) is 0 Å². The maximum absolute atomic E-state index is 12.1. The van der Waals surface area contributed by atoms with Crippen molar-refractivity contribution in [3.05, 3.63) is 95.6 Å². The lowest BCUT2D eigenvalue weighted by Crippen LogP contribution is -2.24. The number of rotatable bonds is 7. The van der Waals surface area contributed by atoms with Crippen LogP contribution in [0.2, 0.25) is 0 Å². The van der Waals surface area contributed by atoms with Crippen molar-refractivity contribution in [2.24, 2.45) is 11.8 Å². The monoisotopic (exact) mass is 597 g/mol. The smallest absolute Gasteiger partial charge is 0.227 e. The molecule has 2 saturated carbocycles. The van der Waals surface area contributed by atoms with Crippen molar-refractivity contribution < 1.29 is 19.5 Å². The van der Waals surface area contributed by atoms with E-state index < -0.39 is 0 Å². The second-order valence-electron chi connectivity index (χ2n) is 11.4. The van der Waals surface area contributed by atoms with Crippen LogP contribution in [-0.4, -0.2) is 23.2 Å². The average Bonchev–Trinajstić information content (AvgIpc) is 3.06. The lowest BCUT2D eigenvalue weighted by molar-refractivity contribution is -0.121. The van der Waals surface area contributed by atoms with E-state index in [0.717, 1.165) is 61.6 Å². The summed E-state index contributed by atoms with van der Waals surface area (Å²) in [5.74, 6) is 0.632. The Labute approximate surface area is 262 Å². The maximum Gasteiger partial charge on any atom is 0.227 e. The van der Waals surface area contributed by atoms with E-state index in [4.69, 9.17) is 10.8 Å². The highest BCUT2D eigenvalue weighted by molar-refractivity contribution is 5.94. The van der Waals surface area contributed by atoms with Crippen LogP contribution >= 0.6 is 0 Å². The molecule has 2 amide bonds. The summed E-state index contributed by atoms with van der Waals surface area (Å²) < 4.78 is 0. The third-order valence-electron chi connectivity index (χ3n) is 7.89. The molecule has 5 N–H and O–H groups in total. The summed E-state index contributed by atoms with van der Waals surface area (Å²) in [6.45, 7) is 2.05. The van der Waals surface area contributed by atoms with E-state index in [9.17, 15) is 14.4 Å². The second-order valence-corrected chi connectivity index (χ2v) is 11.4. The van der Waals surface area contributed by atoms with Gasteiger partial charge in [0.2, 0.25) is 11.8 Å². The fraction of sp³-hybridized carbons (Fsp3) is 0.378. The minimum Gasteiger partial charge on any atom is -0.399 e. The number of aliphatic hydroxyl groups excluding tert-OH is 1. The van der Waals surface area contributed by atoms with Crippen molar-refractivity contribution in [2.45, 2.75) is 77.7 Å². The van der Waals surface area contributed by atoms with Gasteiger partial charge < -0.3 is 21.5 Å². The third-order valence-corrected chi connectivity index (χ3v) is 7.89. The summed E-state index contributed by atoms with van der Waals surface area (Å²) in [6, 6.07) is 22.2. The third kappa shape index (κ3) is 12.2. The van der Waals surface area contributed by atoms with Crippen molar-refractivity contribution in [3.8, 4) is 0 Å². The molecule has 0 saturated heterocycles. The number of carbonyl (C=O) groups is 3. The van der Waals surface area contributed by atoms with Gasteiger partial charge in [-0.15, -0.1) is 0 Å². The first-order valence-electron chi connectivity index (χ1n) is 15.8. The molecule has 7 nitrogen and oxygen atoms in total. The Kier molecular flexibility index (Phi) is 14.9. The molecule has 0 aliphatic heterocycles. The van der Waals surface area contributed by atoms with Gasteiger partial charge in [0.25, 0.3) is 0 Å². The first-order valence-corrected chi connectivity index (χ1v) is 15.8. The van der Waals surface area contributed by atoms with Crippen LogP contribution in [0.3, 0.4) is 0 Å². The SMILES string of the molecule is C/C=C/c1cccc(NC(=O)C2CCCCC2)c1.Nc1cccc(CO)c1.O=Cc1cccc(NC(=O)C2CCCCC2)c1. The number of aldehydes is 1. The number of hydrogen-bond acceptors (Lipinski definition) is 5. The predicted molar refractivity (Wildman–Crippen MR) is 180 cm³/mol. The molecule has 2 fully saturated rings. The van der Waals surface area contributed by atoms with E-state index in [1.165, 1.54) is 25.7 Å². The summed E-state index contributed by atoms with van der Waals surface area (Å²) in [6.07, 6.45) is 16.1. The number of nitrogen functional groups attached to an aromatic ring is 1. The molecule has 2 aliphatic rings. The number of benzene rings is 3. The molecule has 0 unspecified atom stereocenters. The fourth-order valence-electron chi connectivity index (χ4n) is 5.51. The largest absolute Gasteiger partial charge is 0.399 e. The summed E-state index contributed by atoms with van der Waals surface area (Å²) in [5, 5.41) is 14.5. The molecule has 3 aromatic carbocycles. The van der Waals surface area contributed by atoms with Gasteiger partial charge in [-0.1, -0.05) is 87.1 Å². The minimum atomic E-state index is 0.0606. The summed E-state index contributed by atoms with van der Waals surface area (Å²) >= 11 is 0. The zero-order chi connectivity index (χ0) is 31.6. The van der Waals surface area contributed by atoms with Crippen molar-refractivity contribution in [1.29, 1.82) is 0 Å². The lowest BCUT2D eigenvalue weighted by atomic mass is 9.88. The van der Waals surface area contributed by atoms with E-state index >= 15 is 0 Å². The van der Waals surface area contributed by atoms with Gasteiger partial charge in [-0.2, -0.15) is 0 Å². The molecule has 2 aliphatic carbocycles. The fourth-order valence-corrected chi connectivity index (χ4v) is 5.51. The van der Waals surface area contributed by atoms with Gasteiger partial charge >= 0.3 is 0 Å². The van der Waals surface area contributed by atoms with Crippen LogP contribution < -0.4 is 16.4 Å². The Morgan fingerprint density at radius 2 is 1.25 bits per heavy atom. The molecule has 0 radical (unpaired) electrons. The van der Waals surface area contributed by atoms with E-state index in [1.807, 2.05) is 61.5 Å². The topological polar surface area (TPSA) is 122 Å². The molecule has 0 aromatic heterocycles. The van der Waals surface area contributed by atoms with E-state index in [2.05, 4.69) is 10.6 Å². The van der Waals surface area contributed by atoms with E-state index in [-0.39, 0.29) is 30.3 Å². The van der Waals surface area contributed by atoms with Crippen molar-refractivity contribution in [3.63, 3.8) is 0 Å². The summed E-state index contributed by atoms with van der Waals surface area (Å²) in [4.78, 5) is 34.7. The average molecular weight is 598 g/mol. The van der Waals surface area contributed by atoms with Gasteiger partial charge in [0.05, 0.1) is 6.61 Å². The first kappa shape index (κ1) is 34.3. The van der Waals surface area contributed by atoms with Crippen molar-refractivity contribution >= 4 is 41.2 Å². The Hall–Kier alpha value is -4.23. The molecular formula is C37H47N3O4. The normalized spacial score (nSPS) is 15.2. The lowest BCUT2D eigenvalue weighted by Gasteiger charge is -2.20. The summed E-state index contributed by atoms with van der Waals surface area (Å²) in [5.41, 5.74) is 10.3. The number of amides is 2. The number of nitrogens with one attached hydrogen (secondary N) is 2. The first-order chi connectivity index (χ1) is 21.4. The molecule has 7 heteroatoms. The highest BCUT2D eigenvalue weighted by Gasteiger charge is 2.22. The zero-order valence-corrected chi connectivity index (χ0v) is 25.8. The highest BCUT2D eigenvalue weighted by atomic mass is 16.3. The molecule has 5 rings (SSSR count). The summed E-state index contributed by atoms with van der Waals surface area (Å²) in [7, 11) is 0. The molecule has 0 heterocycles. The molecular weight excluding hydrogens is 550 g/mol. The van der Waals surface area contributed by atoms with E-state index in [0.29, 0.717) is 16.9 Å². The Balaban J connectivity index is 0.000000190. The standard InChI is InChI=1S/C16H21NO.C14H17NO2.C7H9NO/c1-2-7-13-8-6-11-15(12-13)17-16(18)14-9-4-3-5-10-14;16-10-11-5-4-8-13(9-11)15-14(17)12-6-2-1-3-7-12;8-7-3-1-2-6(4-7)5-9/h2,6-8,11-12,14H,3-5,9-10H2,1H3,(H,17,18);4-5,8-10,12H,1-3,6-7H2,(H,15,17);1-4,9H,5,8H2/b7-2+;;. The molecule has 234 valence electrons. The molecule has 0 spiro atoms. The van der Waals surface area contributed by atoms with Gasteiger partial charge in [-0.3, -0.25) is 14.4 Å². The van der Waals surface area contributed by atoms with Crippen LogP contribution in [0.25, 0.3) is 6.08 Å². The predicted octanol–water partition coefficient (Wildman–Crippen LogP) is 8.02. The van der Waals surface area contributed by atoms with Gasteiger partial charge in [-0.25, -0.2) is 0 Å². The van der Waals surface area contributed by atoms with Crippen LogP contribution in [0.1, 0.15) is 92.6 Å². The molecule has 0 atom stereocenters.